The predicted octanol–water partition coefficient (Wildman–Crippen LogP) is 2.21. The van der Waals surface area contributed by atoms with E-state index in [1.54, 1.807) is 0 Å². The molecule has 3 fully saturated rings. The van der Waals surface area contributed by atoms with Crippen molar-refractivity contribution < 1.29 is 4.74 Å². The van der Waals surface area contributed by atoms with Crippen LogP contribution in [0.25, 0.3) is 5.65 Å². The SMILES string of the molecule is c1ccn2c(CCNC3C4CCOC4C34CCCC4)nnc2c1. The molecule has 0 amide bonds. The molecule has 23 heavy (non-hydrogen) atoms. The van der Waals surface area contributed by atoms with E-state index in [4.69, 9.17) is 4.74 Å². The van der Waals surface area contributed by atoms with E-state index in [0.29, 0.717) is 17.6 Å². The Kier molecular flexibility index (Phi) is 3.20. The van der Waals surface area contributed by atoms with Crippen LogP contribution in [0.4, 0.5) is 0 Å². The molecule has 0 bridgehead atoms. The van der Waals surface area contributed by atoms with Crippen molar-refractivity contribution in [1.29, 1.82) is 0 Å². The van der Waals surface area contributed by atoms with Crippen LogP contribution in [0.3, 0.4) is 0 Å². The summed E-state index contributed by atoms with van der Waals surface area (Å²) in [4.78, 5) is 0. The van der Waals surface area contributed by atoms with Gasteiger partial charge in [-0.05, 0) is 31.4 Å². The third-order valence-electron chi connectivity index (χ3n) is 6.38. The van der Waals surface area contributed by atoms with Gasteiger partial charge in [0, 0.05) is 43.1 Å². The van der Waals surface area contributed by atoms with Crippen LogP contribution in [0.5, 0.6) is 0 Å². The second kappa shape index (κ2) is 5.28. The summed E-state index contributed by atoms with van der Waals surface area (Å²) >= 11 is 0. The van der Waals surface area contributed by atoms with E-state index in [-0.39, 0.29) is 0 Å². The van der Waals surface area contributed by atoms with Crippen LogP contribution in [0.2, 0.25) is 0 Å². The highest BCUT2D eigenvalue weighted by molar-refractivity contribution is 5.37. The lowest BCUT2D eigenvalue weighted by Crippen LogP contribution is -2.67. The molecule has 2 saturated carbocycles. The lowest BCUT2D eigenvalue weighted by atomic mass is 9.54. The Labute approximate surface area is 136 Å². The van der Waals surface area contributed by atoms with Crippen LogP contribution in [0, 0.1) is 11.3 Å². The Morgan fingerprint density at radius 3 is 3.09 bits per heavy atom. The van der Waals surface area contributed by atoms with Crippen molar-refractivity contribution >= 4 is 5.65 Å². The topological polar surface area (TPSA) is 51.5 Å². The third kappa shape index (κ3) is 1.99. The van der Waals surface area contributed by atoms with Gasteiger partial charge in [-0.25, -0.2) is 0 Å². The molecule has 3 aliphatic rings. The molecule has 5 nitrogen and oxygen atoms in total. The molecule has 122 valence electrons. The average molecular weight is 312 g/mol. The van der Waals surface area contributed by atoms with E-state index < -0.39 is 0 Å². The maximum Gasteiger partial charge on any atom is 0.160 e. The minimum absolute atomic E-state index is 0.439. The van der Waals surface area contributed by atoms with Crippen LogP contribution in [0.1, 0.15) is 37.9 Å². The van der Waals surface area contributed by atoms with E-state index in [1.807, 2.05) is 24.4 Å². The van der Waals surface area contributed by atoms with Crippen LogP contribution in [-0.4, -0.2) is 39.9 Å². The van der Waals surface area contributed by atoms with Crippen molar-refractivity contribution in [3.63, 3.8) is 0 Å². The molecule has 2 aromatic heterocycles. The Balaban J connectivity index is 1.27. The molecule has 3 heterocycles. The monoisotopic (exact) mass is 312 g/mol. The highest BCUT2D eigenvalue weighted by atomic mass is 16.5. The van der Waals surface area contributed by atoms with Gasteiger partial charge in [-0.15, -0.1) is 10.2 Å². The zero-order valence-corrected chi connectivity index (χ0v) is 13.4. The summed E-state index contributed by atoms with van der Waals surface area (Å²) in [7, 11) is 0. The van der Waals surface area contributed by atoms with Gasteiger partial charge in [-0.1, -0.05) is 18.9 Å². The van der Waals surface area contributed by atoms with Crippen LogP contribution < -0.4 is 5.32 Å². The van der Waals surface area contributed by atoms with Gasteiger partial charge in [0.15, 0.2) is 5.65 Å². The molecule has 2 aliphatic carbocycles. The van der Waals surface area contributed by atoms with Crippen LogP contribution >= 0.6 is 0 Å². The zero-order chi connectivity index (χ0) is 15.3. The zero-order valence-electron chi connectivity index (χ0n) is 13.4. The Bertz CT molecular complexity index is 706. The van der Waals surface area contributed by atoms with Crippen molar-refractivity contribution in [2.24, 2.45) is 11.3 Å². The first-order valence-electron chi connectivity index (χ1n) is 9.02. The van der Waals surface area contributed by atoms with E-state index in [0.717, 1.165) is 37.0 Å². The average Bonchev–Trinajstić information content (AvgIpc) is 3.30. The Morgan fingerprint density at radius 2 is 2.17 bits per heavy atom. The first-order valence-corrected chi connectivity index (χ1v) is 9.02. The number of ether oxygens (including phenoxy) is 1. The van der Waals surface area contributed by atoms with Gasteiger partial charge in [0.2, 0.25) is 0 Å². The summed E-state index contributed by atoms with van der Waals surface area (Å²) in [6.07, 6.45) is 10.2. The van der Waals surface area contributed by atoms with Gasteiger partial charge >= 0.3 is 0 Å². The number of rotatable bonds is 4. The maximum atomic E-state index is 6.06. The second-order valence-corrected chi connectivity index (χ2v) is 7.41. The van der Waals surface area contributed by atoms with E-state index in [1.165, 1.54) is 32.1 Å². The van der Waals surface area contributed by atoms with Gasteiger partial charge in [-0.2, -0.15) is 0 Å². The molecule has 5 heteroatoms. The standard InChI is InChI=1S/C18H24N4O/c1-4-11-22-14(5-1)20-21-15(22)6-10-19-16-13-7-12-23-17(13)18(16)8-2-3-9-18/h1,4-5,11,13,16-17,19H,2-3,6-10,12H2. The quantitative estimate of drug-likeness (QED) is 0.940. The number of fused-ring (bicyclic) bond motifs is 3. The number of hydrogen-bond donors (Lipinski definition) is 1. The van der Waals surface area contributed by atoms with Gasteiger partial charge in [-0.3, -0.25) is 4.40 Å². The van der Waals surface area contributed by atoms with Crippen LogP contribution in [-0.2, 0) is 11.2 Å². The lowest BCUT2D eigenvalue weighted by molar-refractivity contribution is -0.130. The second-order valence-electron chi connectivity index (χ2n) is 7.41. The van der Waals surface area contributed by atoms with Crippen LogP contribution in [0.15, 0.2) is 24.4 Å². The normalized spacial score (nSPS) is 31.6. The van der Waals surface area contributed by atoms with Crippen molar-refractivity contribution in [2.45, 2.75) is 50.7 Å². The molecule has 0 aromatic carbocycles. The van der Waals surface area contributed by atoms with Crippen molar-refractivity contribution in [1.82, 2.24) is 19.9 Å². The molecule has 1 N–H and O–H groups in total. The van der Waals surface area contributed by atoms with E-state index in [2.05, 4.69) is 19.9 Å². The summed E-state index contributed by atoms with van der Waals surface area (Å²) in [6.45, 7) is 1.94. The van der Waals surface area contributed by atoms with Gasteiger partial charge < -0.3 is 10.1 Å². The first-order chi connectivity index (χ1) is 11.4. The predicted molar refractivity (Wildman–Crippen MR) is 87.2 cm³/mol. The summed E-state index contributed by atoms with van der Waals surface area (Å²) in [5.41, 5.74) is 1.37. The molecular formula is C18H24N4O. The first kappa shape index (κ1) is 13.9. The smallest absolute Gasteiger partial charge is 0.160 e. The Morgan fingerprint density at radius 1 is 1.26 bits per heavy atom. The maximum absolute atomic E-state index is 6.06. The molecule has 1 spiro atoms. The molecule has 3 atom stereocenters. The summed E-state index contributed by atoms with van der Waals surface area (Å²) < 4.78 is 8.16. The molecule has 5 rings (SSSR count). The highest BCUT2D eigenvalue weighted by Crippen LogP contribution is 2.60. The fraction of sp³-hybridized carbons (Fsp3) is 0.667. The third-order valence-corrected chi connectivity index (χ3v) is 6.38. The van der Waals surface area contributed by atoms with Gasteiger partial charge in [0.1, 0.15) is 5.82 Å². The highest BCUT2D eigenvalue weighted by Gasteiger charge is 2.64. The minimum atomic E-state index is 0.439. The number of hydrogen-bond acceptors (Lipinski definition) is 4. The summed E-state index contributed by atoms with van der Waals surface area (Å²) in [5, 5.41) is 12.4. The molecular weight excluding hydrogens is 288 g/mol. The number of nitrogens with zero attached hydrogens (tertiary/aromatic N) is 3. The van der Waals surface area contributed by atoms with Crippen molar-refractivity contribution in [3.8, 4) is 0 Å². The summed E-state index contributed by atoms with van der Waals surface area (Å²) in [6, 6.07) is 6.69. The Hall–Kier alpha value is -1.46. The minimum Gasteiger partial charge on any atom is -0.377 e. The van der Waals surface area contributed by atoms with Crippen molar-refractivity contribution in [3.05, 3.63) is 30.2 Å². The molecule has 1 aliphatic heterocycles. The number of aromatic nitrogens is 3. The molecule has 3 unspecified atom stereocenters. The van der Waals surface area contributed by atoms with Crippen molar-refractivity contribution in [2.75, 3.05) is 13.2 Å². The molecule has 1 saturated heterocycles. The number of pyridine rings is 1. The van der Waals surface area contributed by atoms with E-state index in [9.17, 15) is 0 Å². The van der Waals surface area contributed by atoms with Gasteiger partial charge in [0.25, 0.3) is 0 Å². The van der Waals surface area contributed by atoms with Gasteiger partial charge in [0.05, 0.1) is 6.10 Å². The summed E-state index contributed by atoms with van der Waals surface area (Å²) in [5.74, 6) is 1.79. The fourth-order valence-corrected chi connectivity index (χ4v) is 5.41. The largest absolute Gasteiger partial charge is 0.377 e. The lowest BCUT2D eigenvalue weighted by Gasteiger charge is -2.57. The number of nitrogens with one attached hydrogen (secondary N) is 1. The molecule has 2 aromatic rings. The fourth-order valence-electron chi connectivity index (χ4n) is 5.41. The van der Waals surface area contributed by atoms with E-state index >= 15 is 0 Å². The molecule has 0 radical (unpaired) electrons.